The molecule has 5 heteroatoms. The van der Waals surface area contributed by atoms with Gasteiger partial charge in [-0.3, -0.25) is 4.57 Å². The molecule has 0 fully saturated rings. The van der Waals surface area contributed by atoms with Gasteiger partial charge in [-0.2, -0.15) is 0 Å². The highest BCUT2D eigenvalue weighted by molar-refractivity contribution is 7.58. The van der Waals surface area contributed by atoms with Crippen LogP contribution in [0.5, 0.6) is 0 Å². The van der Waals surface area contributed by atoms with Gasteiger partial charge in [0.1, 0.15) is 5.76 Å². The van der Waals surface area contributed by atoms with Crippen molar-refractivity contribution in [2.45, 2.75) is 51.9 Å². The van der Waals surface area contributed by atoms with Crippen molar-refractivity contribution in [3.63, 3.8) is 0 Å². The topological polar surface area (TPSA) is 44.8 Å². The Kier molecular flexibility index (Phi) is 6.90. The molecule has 0 radical (unpaired) electrons. The summed E-state index contributed by atoms with van der Waals surface area (Å²) in [5, 5.41) is 0.573. The molecular formula is C28H31O4P. The van der Waals surface area contributed by atoms with E-state index in [0.29, 0.717) is 17.5 Å². The van der Waals surface area contributed by atoms with Crippen molar-refractivity contribution in [1.29, 1.82) is 0 Å². The Morgan fingerprint density at radius 2 is 1.15 bits per heavy atom. The van der Waals surface area contributed by atoms with Crippen LogP contribution < -0.4 is 0 Å². The number of hydrogen-bond donors (Lipinski definition) is 0. The van der Waals surface area contributed by atoms with Crippen molar-refractivity contribution in [2.24, 2.45) is 0 Å². The highest BCUT2D eigenvalue weighted by Gasteiger charge is 2.51. The molecule has 0 unspecified atom stereocenters. The summed E-state index contributed by atoms with van der Waals surface area (Å²) in [6, 6.07) is 30.0. The quantitative estimate of drug-likeness (QED) is 0.321. The van der Waals surface area contributed by atoms with E-state index in [9.17, 15) is 4.57 Å². The summed E-state index contributed by atoms with van der Waals surface area (Å²) in [5.74, 6) is 0.563. The van der Waals surface area contributed by atoms with Crippen LogP contribution in [0.4, 0.5) is 0 Å². The zero-order valence-corrected chi connectivity index (χ0v) is 20.5. The van der Waals surface area contributed by atoms with Crippen LogP contribution in [0.1, 0.15) is 50.8 Å². The zero-order chi connectivity index (χ0) is 23.5. The lowest BCUT2D eigenvalue weighted by molar-refractivity contribution is 0.0998. The predicted molar refractivity (Wildman–Crippen MR) is 133 cm³/mol. The van der Waals surface area contributed by atoms with Crippen LogP contribution in [-0.2, 0) is 24.0 Å². The van der Waals surface area contributed by atoms with Gasteiger partial charge in [0, 0.05) is 23.1 Å². The van der Waals surface area contributed by atoms with Crippen molar-refractivity contribution in [2.75, 3.05) is 0 Å². The lowest BCUT2D eigenvalue weighted by Crippen LogP contribution is -2.27. The molecule has 1 heterocycles. The molecule has 1 aliphatic rings. The van der Waals surface area contributed by atoms with Gasteiger partial charge in [-0.1, -0.05) is 91.0 Å². The van der Waals surface area contributed by atoms with Gasteiger partial charge in [0.25, 0.3) is 0 Å². The first-order valence-corrected chi connectivity index (χ1v) is 12.9. The van der Waals surface area contributed by atoms with Gasteiger partial charge >= 0.3 is 7.60 Å². The summed E-state index contributed by atoms with van der Waals surface area (Å²) in [6.45, 7) is 7.49. The van der Waals surface area contributed by atoms with Gasteiger partial charge in [-0.15, -0.1) is 0 Å². The van der Waals surface area contributed by atoms with E-state index in [-0.39, 0.29) is 12.2 Å². The van der Waals surface area contributed by atoms with Crippen molar-refractivity contribution < 1.29 is 18.3 Å². The minimum atomic E-state index is -3.67. The average molecular weight is 463 g/mol. The van der Waals surface area contributed by atoms with E-state index >= 15 is 0 Å². The van der Waals surface area contributed by atoms with Crippen LogP contribution in [-0.4, -0.2) is 12.2 Å². The Labute approximate surface area is 196 Å². The Bertz CT molecular complexity index is 1080. The molecule has 3 aromatic rings. The third-order valence-corrected chi connectivity index (χ3v) is 7.92. The van der Waals surface area contributed by atoms with E-state index in [0.717, 1.165) is 16.7 Å². The SMILES string of the molecule is CC(C)OP(=O)(OC(C)C)C1=C(c2ccccc2)OC(c2ccccc2)(c2ccccc2)C1. The molecule has 0 aromatic heterocycles. The van der Waals surface area contributed by atoms with Crippen LogP contribution in [0.15, 0.2) is 96.3 Å². The second kappa shape index (κ2) is 9.69. The minimum Gasteiger partial charge on any atom is -0.476 e. The van der Waals surface area contributed by atoms with Crippen molar-refractivity contribution in [3.05, 3.63) is 113 Å². The Hall–Kier alpha value is -2.65. The van der Waals surface area contributed by atoms with Crippen LogP contribution in [0.25, 0.3) is 5.76 Å². The van der Waals surface area contributed by atoms with Gasteiger partial charge < -0.3 is 13.8 Å². The molecule has 1 aliphatic heterocycles. The third kappa shape index (κ3) is 4.84. The molecule has 0 spiro atoms. The molecule has 0 bridgehead atoms. The van der Waals surface area contributed by atoms with Crippen molar-refractivity contribution in [3.8, 4) is 0 Å². The second-order valence-electron chi connectivity index (χ2n) is 8.79. The van der Waals surface area contributed by atoms with Crippen LogP contribution in [0.2, 0.25) is 0 Å². The van der Waals surface area contributed by atoms with Gasteiger partial charge in [-0.05, 0) is 27.7 Å². The first-order valence-electron chi connectivity index (χ1n) is 11.4. The number of ether oxygens (including phenoxy) is 1. The molecule has 0 atom stereocenters. The van der Waals surface area contributed by atoms with E-state index in [1.54, 1.807) is 0 Å². The lowest BCUT2D eigenvalue weighted by Gasteiger charge is -2.31. The summed E-state index contributed by atoms with van der Waals surface area (Å²) in [7, 11) is -3.67. The van der Waals surface area contributed by atoms with Crippen LogP contribution >= 0.6 is 7.60 Å². The monoisotopic (exact) mass is 462 g/mol. The average Bonchev–Trinajstić information content (AvgIpc) is 3.23. The maximum atomic E-state index is 14.4. The summed E-state index contributed by atoms with van der Waals surface area (Å²) < 4.78 is 33.4. The summed E-state index contributed by atoms with van der Waals surface area (Å²) in [6.07, 6.45) is -0.188. The predicted octanol–water partition coefficient (Wildman–Crippen LogP) is 7.76. The highest BCUT2D eigenvalue weighted by atomic mass is 31.2. The number of hydrogen-bond acceptors (Lipinski definition) is 4. The van der Waals surface area contributed by atoms with E-state index in [1.807, 2.05) is 94.4 Å². The Balaban J connectivity index is 1.94. The van der Waals surface area contributed by atoms with Crippen molar-refractivity contribution in [1.82, 2.24) is 0 Å². The van der Waals surface area contributed by atoms with Gasteiger partial charge in [-0.25, -0.2) is 0 Å². The maximum absolute atomic E-state index is 14.4. The molecule has 33 heavy (non-hydrogen) atoms. The van der Waals surface area contributed by atoms with E-state index in [2.05, 4.69) is 24.3 Å². The molecule has 0 saturated carbocycles. The summed E-state index contributed by atoms with van der Waals surface area (Å²) in [5.41, 5.74) is 1.97. The molecule has 4 nitrogen and oxygen atoms in total. The molecular weight excluding hydrogens is 431 g/mol. The fraction of sp³-hybridized carbons (Fsp3) is 0.286. The molecule has 3 aromatic carbocycles. The number of rotatable bonds is 8. The molecule has 0 saturated heterocycles. The molecule has 4 rings (SSSR count). The first-order chi connectivity index (χ1) is 15.8. The lowest BCUT2D eigenvalue weighted by atomic mass is 9.84. The first kappa shape index (κ1) is 23.5. The fourth-order valence-corrected chi connectivity index (χ4v) is 6.49. The van der Waals surface area contributed by atoms with E-state index < -0.39 is 13.2 Å². The Morgan fingerprint density at radius 3 is 1.58 bits per heavy atom. The highest BCUT2D eigenvalue weighted by Crippen LogP contribution is 2.67. The van der Waals surface area contributed by atoms with Crippen LogP contribution in [0, 0.1) is 0 Å². The van der Waals surface area contributed by atoms with Crippen molar-refractivity contribution >= 4 is 13.4 Å². The summed E-state index contributed by atoms with van der Waals surface area (Å²) >= 11 is 0. The molecule has 0 N–H and O–H groups in total. The second-order valence-corrected chi connectivity index (χ2v) is 10.7. The van der Waals surface area contributed by atoms with Gasteiger partial charge in [0.2, 0.25) is 0 Å². The standard InChI is InChI=1S/C28H31O4P/c1-21(2)31-33(29,32-22(3)4)26-20-28(24-16-10-6-11-17-24,25-18-12-7-13-19-25)30-27(26)23-14-8-5-9-15-23/h5-19,21-22H,20H2,1-4H3. The fourth-order valence-electron chi connectivity index (χ4n) is 4.23. The molecule has 172 valence electrons. The van der Waals surface area contributed by atoms with Gasteiger partial charge in [0.05, 0.1) is 17.5 Å². The number of benzene rings is 3. The largest absolute Gasteiger partial charge is 0.476 e. The Morgan fingerprint density at radius 1 is 0.727 bits per heavy atom. The maximum Gasteiger partial charge on any atom is 0.361 e. The van der Waals surface area contributed by atoms with Crippen LogP contribution in [0.3, 0.4) is 0 Å². The minimum absolute atomic E-state index is 0.275. The molecule has 0 amide bonds. The van der Waals surface area contributed by atoms with E-state index in [4.69, 9.17) is 13.8 Å². The van der Waals surface area contributed by atoms with E-state index in [1.165, 1.54) is 0 Å². The summed E-state index contributed by atoms with van der Waals surface area (Å²) in [4.78, 5) is 0. The zero-order valence-electron chi connectivity index (χ0n) is 19.6. The smallest absolute Gasteiger partial charge is 0.361 e. The third-order valence-electron chi connectivity index (χ3n) is 5.50. The van der Waals surface area contributed by atoms with Gasteiger partial charge in [0.15, 0.2) is 5.60 Å². The molecule has 0 aliphatic carbocycles. The normalized spacial score (nSPS) is 15.8.